The van der Waals surface area contributed by atoms with E-state index in [2.05, 4.69) is 32.2 Å². The molecule has 35 heavy (non-hydrogen) atoms. The minimum atomic E-state index is -0.223. The highest BCUT2D eigenvalue weighted by atomic mass is 19.1. The molecule has 1 aromatic heterocycles. The number of nitrogens with zero attached hydrogens (tertiary/aromatic N) is 3. The molecule has 182 valence electrons. The summed E-state index contributed by atoms with van der Waals surface area (Å²) in [5.74, 6) is 0.532. The molecule has 6 nitrogen and oxygen atoms in total. The molecule has 2 atom stereocenters. The van der Waals surface area contributed by atoms with Crippen molar-refractivity contribution in [3.63, 3.8) is 0 Å². The number of amides is 1. The number of hydrogen-bond acceptors (Lipinski definition) is 5. The van der Waals surface area contributed by atoms with Crippen LogP contribution in [0.4, 0.5) is 10.1 Å². The van der Waals surface area contributed by atoms with E-state index < -0.39 is 0 Å². The van der Waals surface area contributed by atoms with Gasteiger partial charge >= 0.3 is 0 Å². The number of carbonyl (C=O) groups is 1. The van der Waals surface area contributed by atoms with Gasteiger partial charge in [-0.3, -0.25) is 14.7 Å². The number of benzene rings is 2. The van der Waals surface area contributed by atoms with Gasteiger partial charge in [0.1, 0.15) is 11.6 Å². The third-order valence-corrected chi connectivity index (χ3v) is 7.07. The summed E-state index contributed by atoms with van der Waals surface area (Å²) < 4.78 is 18.8. The van der Waals surface area contributed by atoms with Crippen molar-refractivity contribution in [2.45, 2.75) is 25.4 Å². The van der Waals surface area contributed by atoms with Crippen molar-refractivity contribution < 1.29 is 13.9 Å². The smallest absolute Gasteiger partial charge is 0.225 e. The van der Waals surface area contributed by atoms with Crippen molar-refractivity contribution in [1.82, 2.24) is 15.2 Å². The number of aromatic nitrogens is 1. The van der Waals surface area contributed by atoms with E-state index in [1.807, 2.05) is 36.4 Å². The molecular weight excluding hydrogens is 443 g/mol. The van der Waals surface area contributed by atoms with Gasteiger partial charge in [-0.25, -0.2) is 4.39 Å². The van der Waals surface area contributed by atoms with E-state index in [0.29, 0.717) is 19.4 Å². The number of hydrogen-bond donors (Lipinski definition) is 1. The molecule has 3 aromatic rings. The van der Waals surface area contributed by atoms with Crippen LogP contribution in [0.1, 0.15) is 16.8 Å². The van der Waals surface area contributed by atoms with Gasteiger partial charge in [-0.05, 0) is 47.9 Å². The lowest BCUT2D eigenvalue weighted by molar-refractivity contribution is -0.126. The zero-order chi connectivity index (χ0) is 24.2. The molecule has 1 amide bonds. The van der Waals surface area contributed by atoms with Crippen molar-refractivity contribution in [3.05, 3.63) is 89.5 Å². The van der Waals surface area contributed by atoms with Gasteiger partial charge in [0.05, 0.1) is 19.1 Å². The van der Waals surface area contributed by atoms with Crippen molar-refractivity contribution >= 4 is 11.6 Å². The summed E-state index contributed by atoms with van der Waals surface area (Å²) in [4.78, 5) is 22.5. The fourth-order valence-electron chi connectivity index (χ4n) is 5.25. The Hall–Kier alpha value is -3.45. The molecule has 5 rings (SSSR count). The lowest BCUT2D eigenvalue weighted by Crippen LogP contribution is -2.61. The first-order chi connectivity index (χ1) is 17.1. The summed E-state index contributed by atoms with van der Waals surface area (Å²) in [6.07, 6.45) is 3.18. The Morgan fingerprint density at radius 1 is 1.14 bits per heavy atom. The number of pyridine rings is 1. The van der Waals surface area contributed by atoms with E-state index in [0.717, 1.165) is 48.9 Å². The van der Waals surface area contributed by atoms with Crippen LogP contribution in [0.15, 0.2) is 66.9 Å². The molecule has 1 fully saturated rings. The first kappa shape index (κ1) is 23.3. The molecule has 0 radical (unpaired) electrons. The van der Waals surface area contributed by atoms with E-state index in [1.54, 1.807) is 13.3 Å². The quantitative estimate of drug-likeness (QED) is 0.569. The monoisotopic (exact) mass is 474 g/mol. The Balaban J connectivity index is 1.33. The molecule has 0 unspecified atom stereocenters. The number of methoxy groups -OCH3 is 1. The minimum Gasteiger partial charge on any atom is -0.497 e. The lowest BCUT2D eigenvalue weighted by Gasteiger charge is -2.49. The Kier molecular flexibility index (Phi) is 6.95. The zero-order valence-electron chi connectivity index (χ0n) is 20.0. The van der Waals surface area contributed by atoms with E-state index >= 15 is 0 Å². The number of anilines is 1. The van der Waals surface area contributed by atoms with Gasteiger partial charge in [0.2, 0.25) is 5.91 Å². The Bertz CT molecular complexity index is 1160. The summed E-state index contributed by atoms with van der Waals surface area (Å²) >= 11 is 0. The van der Waals surface area contributed by atoms with Crippen molar-refractivity contribution in [3.8, 4) is 5.75 Å². The number of fused-ring (bicyclic) bond motifs is 3. The fraction of sp³-hybridized carbons (Fsp3) is 0.357. The predicted molar refractivity (Wildman–Crippen MR) is 134 cm³/mol. The minimum absolute atomic E-state index is 0.0543. The molecule has 1 saturated heterocycles. The maximum Gasteiger partial charge on any atom is 0.225 e. The molecular formula is C28H31FN4O2. The topological polar surface area (TPSA) is 57.7 Å². The standard InChI is InChI=1S/C28H31FN4O2/c1-35-24-10-7-21-16-25(28(34)31-13-11-23-4-2-3-12-30-23)27-19-32(14-15-33(27)26(21)17-24)18-20-5-8-22(29)9-6-20/h2-10,12,17,25,27H,11,13-16,18-19H2,1H3,(H,31,34)/t25-,27-/m0/s1. The van der Waals surface area contributed by atoms with Crippen molar-refractivity contribution in [1.29, 1.82) is 0 Å². The van der Waals surface area contributed by atoms with Crippen LogP contribution >= 0.6 is 0 Å². The van der Waals surface area contributed by atoms with Crippen LogP contribution < -0.4 is 15.0 Å². The average Bonchev–Trinajstić information content (AvgIpc) is 2.89. The third-order valence-electron chi connectivity index (χ3n) is 7.07. The number of carbonyl (C=O) groups excluding carboxylic acids is 1. The largest absolute Gasteiger partial charge is 0.497 e. The van der Waals surface area contributed by atoms with E-state index in [-0.39, 0.29) is 23.7 Å². The molecule has 2 aliphatic heterocycles. The average molecular weight is 475 g/mol. The zero-order valence-corrected chi connectivity index (χ0v) is 20.0. The van der Waals surface area contributed by atoms with Gasteiger partial charge in [-0.15, -0.1) is 0 Å². The molecule has 2 aromatic carbocycles. The van der Waals surface area contributed by atoms with Crippen molar-refractivity contribution in [2.24, 2.45) is 5.92 Å². The summed E-state index contributed by atoms with van der Waals surface area (Å²) in [6.45, 7) is 3.77. The highest BCUT2D eigenvalue weighted by Crippen LogP contribution is 2.38. The van der Waals surface area contributed by atoms with Gasteiger partial charge in [-0.1, -0.05) is 24.3 Å². The van der Waals surface area contributed by atoms with Crippen LogP contribution in [0.5, 0.6) is 5.75 Å². The highest BCUT2D eigenvalue weighted by molar-refractivity contribution is 5.82. The van der Waals surface area contributed by atoms with E-state index in [4.69, 9.17) is 4.74 Å². The Morgan fingerprint density at radius 2 is 2.00 bits per heavy atom. The molecule has 3 heterocycles. The maximum atomic E-state index is 13.4. The van der Waals surface area contributed by atoms with Crippen LogP contribution in [-0.4, -0.2) is 55.1 Å². The summed E-state index contributed by atoms with van der Waals surface area (Å²) in [5.41, 5.74) is 4.39. The molecule has 2 aliphatic rings. The number of ether oxygens (including phenoxy) is 1. The van der Waals surface area contributed by atoms with Gasteiger partial charge in [0.25, 0.3) is 0 Å². The molecule has 1 N–H and O–H groups in total. The van der Waals surface area contributed by atoms with Crippen LogP contribution in [0.25, 0.3) is 0 Å². The first-order valence-electron chi connectivity index (χ1n) is 12.2. The Labute approximate surface area is 205 Å². The predicted octanol–water partition coefficient (Wildman–Crippen LogP) is 3.45. The van der Waals surface area contributed by atoms with Gasteiger partial charge in [0.15, 0.2) is 0 Å². The molecule has 7 heteroatoms. The van der Waals surface area contributed by atoms with Crippen LogP contribution in [0.3, 0.4) is 0 Å². The molecule has 0 bridgehead atoms. The van der Waals surface area contributed by atoms with Gasteiger partial charge in [-0.2, -0.15) is 0 Å². The normalized spacial score (nSPS) is 19.5. The fourth-order valence-corrected chi connectivity index (χ4v) is 5.25. The SMILES string of the molecule is COc1ccc2c(c1)N1CCN(Cc3ccc(F)cc3)C[C@H]1[C@@H](C(=O)NCCc1ccccn1)C2. The second kappa shape index (κ2) is 10.4. The van der Waals surface area contributed by atoms with E-state index in [9.17, 15) is 9.18 Å². The highest BCUT2D eigenvalue weighted by Gasteiger charge is 2.41. The second-order valence-electron chi connectivity index (χ2n) is 9.29. The van der Waals surface area contributed by atoms with Crippen LogP contribution in [0.2, 0.25) is 0 Å². The summed E-state index contributed by atoms with van der Waals surface area (Å²) in [5, 5.41) is 3.17. The first-order valence-corrected chi connectivity index (χ1v) is 12.2. The van der Waals surface area contributed by atoms with Crippen LogP contribution in [0, 0.1) is 11.7 Å². The third kappa shape index (κ3) is 5.30. The maximum absolute atomic E-state index is 13.4. The summed E-state index contributed by atoms with van der Waals surface area (Å²) in [6, 6.07) is 18.7. The molecule has 0 aliphatic carbocycles. The molecule has 0 saturated carbocycles. The number of piperazine rings is 1. The van der Waals surface area contributed by atoms with Gasteiger partial charge in [0, 0.05) is 62.8 Å². The molecule has 0 spiro atoms. The second-order valence-corrected chi connectivity index (χ2v) is 9.29. The number of nitrogens with one attached hydrogen (secondary N) is 1. The number of rotatable bonds is 7. The van der Waals surface area contributed by atoms with E-state index in [1.165, 1.54) is 17.7 Å². The summed E-state index contributed by atoms with van der Waals surface area (Å²) in [7, 11) is 1.68. The van der Waals surface area contributed by atoms with Crippen molar-refractivity contribution in [2.75, 3.05) is 38.2 Å². The van der Waals surface area contributed by atoms with Crippen LogP contribution in [-0.2, 0) is 24.2 Å². The Morgan fingerprint density at radius 3 is 2.77 bits per heavy atom. The number of halogens is 1. The lowest BCUT2D eigenvalue weighted by atomic mass is 9.83. The van der Waals surface area contributed by atoms with Gasteiger partial charge < -0.3 is 15.0 Å².